The molecule has 0 aromatic rings. The van der Waals surface area contributed by atoms with Gasteiger partial charge in [0.05, 0.1) is 52.9 Å². The number of rotatable bonds is 16. The number of hydrogen-bond acceptors (Lipinski definition) is 7. The fraction of sp³-hybridized carbons (Fsp3) is 0.909. The maximum absolute atomic E-state index is 9.88. The van der Waals surface area contributed by atoms with Crippen molar-refractivity contribution in [2.24, 2.45) is 0 Å². The Bertz CT molecular complexity index is 188. The second-order valence-electron chi connectivity index (χ2n) is 3.19. The van der Waals surface area contributed by atoms with Crippen molar-refractivity contribution in [1.29, 1.82) is 0 Å². The number of nitrogens with zero attached hydrogens (tertiary/aromatic N) is 1. The summed E-state index contributed by atoms with van der Waals surface area (Å²) in [5.74, 6) is 0. The number of aliphatic hydroxyl groups is 1. The molecule has 0 aromatic carbocycles. The topological polar surface area (TPSA) is 97.6 Å². The molecule has 0 radical (unpaired) electrons. The normalized spacial score (nSPS) is 10.2. The molecule has 0 rings (SSSR count). The number of carbonyl (C=O) groups is 1. The molecule has 0 saturated carbocycles. The second-order valence-corrected chi connectivity index (χ2v) is 3.19. The zero-order valence-corrected chi connectivity index (χ0v) is 15.1. The van der Waals surface area contributed by atoms with Crippen molar-refractivity contribution in [2.75, 3.05) is 66.2 Å². The third-order valence-electron chi connectivity index (χ3n) is 1.72. The summed E-state index contributed by atoms with van der Waals surface area (Å²) in [7, 11) is 0. The van der Waals surface area contributed by atoms with Gasteiger partial charge in [-0.15, -0.1) is 0 Å². The number of carbonyl (C=O) groups excluding carboxylic acids is 1. The van der Waals surface area contributed by atoms with Gasteiger partial charge in [0.25, 0.3) is 0 Å². The molecule has 8 nitrogen and oxygen atoms in total. The zero-order valence-electron chi connectivity index (χ0n) is 12.0. The molecular weight excluding hydrogens is 297 g/mol. The van der Waals surface area contributed by atoms with E-state index in [4.69, 9.17) is 28.9 Å². The molecular formula is C11H22KNO7. The molecule has 0 saturated heterocycles. The summed E-state index contributed by atoms with van der Waals surface area (Å²) in [5, 5.41) is 8.44. The van der Waals surface area contributed by atoms with Gasteiger partial charge in [0.15, 0.2) is 0 Å². The van der Waals surface area contributed by atoms with Gasteiger partial charge in [0, 0.05) is 6.61 Å². The molecule has 0 heterocycles. The molecule has 20 heavy (non-hydrogen) atoms. The van der Waals surface area contributed by atoms with E-state index >= 15 is 0 Å². The smallest absolute Gasteiger partial charge is 0.511 e. The van der Waals surface area contributed by atoms with Crippen molar-refractivity contribution < 1.29 is 85.1 Å². The van der Waals surface area contributed by atoms with Gasteiger partial charge in [-0.3, -0.25) is 0 Å². The Morgan fingerprint density at radius 3 is 1.95 bits per heavy atom. The van der Waals surface area contributed by atoms with Crippen LogP contribution in [0.5, 0.6) is 0 Å². The van der Waals surface area contributed by atoms with Crippen molar-refractivity contribution in [3.8, 4) is 0 Å². The van der Waals surface area contributed by atoms with E-state index in [0.717, 1.165) is 0 Å². The molecule has 0 unspecified atom stereocenters. The average molecular weight is 319 g/mol. The van der Waals surface area contributed by atoms with Crippen LogP contribution in [-0.2, 0) is 28.6 Å². The van der Waals surface area contributed by atoms with Crippen molar-refractivity contribution in [3.05, 3.63) is 5.48 Å². The number of aldehydes is 1. The summed E-state index contributed by atoms with van der Waals surface area (Å²) < 4.78 is 20.1. The third-order valence-corrected chi connectivity index (χ3v) is 1.72. The summed E-state index contributed by atoms with van der Waals surface area (Å²) in [6, 6.07) is 0. The maximum Gasteiger partial charge on any atom is 1.00 e. The van der Waals surface area contributed by atoms with E-state index in [1.165, 1.54) is 0 Å². The summed E-state index contributed by atoms with van der Waals surface area (Å²) >= 11 is 0. The maximum atomic E-state index is 9.88. The Morgan fingerprint density at radius 2 is 1.40 bits per heavy atom. The minimum atomic E-state index is 0. The van der Waals surface area contributed by atoms with E-state index in [2.05, 4.69) is 5.48 Å². The van der Waals surface area contributed by atoms with Gasteiger partial charge in [0.2, 0.25) is 0 Å². The fourth-order valence-corrected chi connectivity index (χ4v) is 0.943. The first-order chi connectivity index (χ1) is 9.41. The van der Waals surface area contributed by atoms with Gasteiger partial charge in [-0.05, 0) is 6.73 Å². The average Bonchev–Trinajstić information content (AvgIpc) is 2.43. The van der Waals surface area contributed by atoms with Crippen molar-refractivity contribution >= 4 is 6.29 Å². The standard InChI is InChI=1S/C11H22NO7.K/c13-1-3-15-5-6-16-7-8-17-9-10-19-12-11-18-4-2-14;/h2,13H,1,3-11H2;/q-1;+1. The summed E-state index contributed by atoms with van der Waals surface area (Å²) in [4.78, 5) is 14.7. The van der Waals surface area contributed by atoms with Crippen LogP contribution in [0.25, 0.3) is 5.48 Å². The number of hydroxylamine groups is 1. The summed E-state index contributed by atoms with van der Waals surface area (Å²) in [5.41, 5.74) is 3.56. The van der Waals surface area contributed by atoms with E-state index in [1.54, 1.807) is 0 Å². The number of aliphatic hydroxyl groups excluding tert-OH is 1. The first kappa shape index (κ1) is 23.3. The Balaban J connectivity index is 0. The molecule has 0 fully saturated rings. The quantitative estimate of drug-likeness (QED) is 0.136. The van der Waals surface area contributed by atoms with Crippen LogP contribution in [0.1, 0.15) is 0 Å². The summed E-state index contributed by atoms with van der Waals surface area (Å²) in [6.07, 6.45) is 0.646. The van der Waals surface area contributed by atoms with Crippen LogP contribution in [0, 0.1) is 0 Å². The van der Waals surface area contributed by atoms with Crippen LogP contribution in [-0.4, -0.2) is 77.6 Å². The van der Waals surface area contributed by atoms with E-state index in [0.29, 0.717) is 52.5 Å². The summed E-state index contributed by atoms with van der Waals surface area (Å²) in [6.45, 7) is 3.01. The first-order valence-corrected chi connectivity index (χ1v) is 6.06. The van der Waals surface area contributed by atoms with Crippen molar-refractivity contribution in [2.45, 2.75) is 0 Å². The molecule has 9 heteroatoms. The van der Waals surface area contributed by atoms with Gasteiger partial charge in [-0.25, -0.2) is 0 Å². The van der Waals surface area contributed by atoms with Gasteiger partial charge >= 0.3 is 51.4 Å². The second kappa shape index (κ2) is 22.3. The molecule has 0 spiro atoms. The molecule has 0 aliphatic rings. The minimum absolute atomic E-state index is 0. The van der Waals surface area contributed by atoms with Crippen LogP contribution >= 0.6 is 0 Å². The number of hydrogen-bond donors (Lipinski definition) is 1. The van der Waals surface area contributed by atoms with Crippen LogP contribution < -0.4 is 51.4 Å². The van der Waals surface area contributed by atoms with Gasteiger partial charge in [-0.1, -0.05) is 0 Å². The van der Waals surface area contributed by atoms with Crippen molar-refractivity contribution in [3.63, 3.8) is 0 Å². The molecule has 0 bridgehead atoms. The monoisotopic (exact) mass is 319 g/mol. The molecule has 1 N–H and O–H groups in total. The molecule has 0 aromatic heterocycles. The molecule has 0 aliphatic carbocycles. The predicted molar refractivity (Wildman–Crippen MR) is 65.7 cm³/mol. The Labute approximate surface area is 161 Å². The Hall–Kier alpha value is 1.03. The zero-order chi connectivity index (χ0) is 14.0. The van der Waals surface area contributed by atoms with E-state index < -0.39 is 0 Å². The van der Waals surface area contributed by atoms with Gasteiger partial charge < -0.3 is 39.2 Å². The Morgan fingerprint density at radius 1 is 0.850 bits per heavy atom. The minimum Gasteiger partial charge on any atom is -0.511 e. The molecule has 114 valence electrons. The number of ether oxygens (including phenoxy) is 4. The van der Waals surface area contributed by atoms with Crippen LogP contribution in [0.4, 0.5) is 0 Å². The molecule has 0 atom stereocenters. The van der Waals surface area contributed by atoms with Gasteiger partial charge in [-0.2, -0.15) is 0 Å². The van der Waals surface area contributed by atoms with Crippen LogP contribution in [0.15, 0.2) is 0 Å². The SMILES string of the molecule is O=CCOC[N-]OCCOCCOCCOCCO.[K+]. The van der Waals surface area contributed by atoms with Gasteiger partial charge in [0.1, 0.15) is 6.29 Å². The van der Waals surface area contributed by atoms with E-state index in [-0.39, 0.29) is 71.3 Å². The molecule has 0 aliphatic heterocycles. The van der Waals surface area contributed by atoms with E-state index in [9.17, 15) is 4.79 Å². The predicted octanol–water partition coefficient (Wildman–Crippen LogP) is -3.49. The van der Waals surface area contributed by atoms with E-state index in [1.807, 2.05) is 0 Å². The van der Waals surface area contributed by atoms with Crippen LogP contribution in [0.2, 0.25) is 0 Å². The van der Waals surface area contributed by atoms with Crippen molar-refractivity contribution in [1.82, 2.24) is 0 Å². The Kier molecular flexibility index (Phi) is 26.0. The fourth-order valence-electron chi connectivity index (χ4n) is 0.943. The first-order valence-electron chi connectivity index (χ1n) is 6.06. The third kappa shape index (κ3) is 21.3. The largest absolute Gasteiger partial charge is 1.00 e. The molecule has 0 amide bonds. The van der Waals surface area contributed by atoms with Crippen LogP contribution in [0.3, 0.4) is 0 Å².